The highest BCUT2D eigenvalue weighted by Crippen LogP contribution is 2.37. The van der Waals surface area contributed by atoms with Crippen LogP contribution in [-0.4, -0.2) is 27.6 Å². The van der Waals surface area contributed by atoms with Crippen LogP contribution in [0.3, 0.4) is 0 Å². The number of hydrogen-bond donors (Lipinski definition) is 3. The van der Waals surface area contributed by atoms with E-state index in [1.165, 1.54) is 32.1 Å². The maximum absolute atomic E-state index is 11.1. The first kappa shape index (κ1) is 24.2. The predicted molar refractivity (Wildman–Crippen MR) is 110 cm³/mol. The van der Waals surface area contributed by atoms with Gasteiger partial charge in [0.25, 0.3) is 0 Å². The topological polar surface area (TPSA) is 77.8 Å². The molecule has 0 aromatic heterocycles. The van der Waals surface area contributed by atoms with E-state index in [4.69, 9.17) is 5.11 Å². The second kappa shape index (κ2) is 14.2. The van der Waals surface area contributed by atoms with Crippen LogP contribution in [-0.2, 0) is 4.79 Å². The van der Waals surface area contributed by atoms with Crippen LogP contribution in [0.5, 0.6) is 0 Å². The van der Waals surface area contributed by atoms with Crippen LogP contribution in [0.15, 0.2) is 12.2 Å². The predicted octanol–water partition coefficient (Wildman–Crippen LogP) is 5.53. The smallest absolute Gasteiger partial charge is 0.306 e. The fraction of sp³-hybridized carbons (Fsp3) is 0.870. The lowest BCUT2D eigenvalue weighted by Gasteiger charge is -2.19. The molecule has 3 N–H and O–H groups in total. The molecule has 158 valence electrons. The lowest BCUT2D eigenvalue weighted by Crippen LogP contribution is -2.18. The van der Waals surface area contributed by atoms with Crippen molar-refractivity contribution in [2.45, 2.75) is 104 Å². The van der Waals surface area contributed by atoms with Gasteiger partial charge in [-0.2, -0.15) is 0 Å². The molecule has 4 heteroatoms. The van der Waals surface area contributed by atoms with Crippen LogP contribution < -0.4 is 0 Å². The molecule has 0 aliphatic heterocycles. The molecule has 1 fully saturated rings. The third-order valence-electron chi connectivity index (χ3n) is 6.32. The van der Waals surface area contributed by atoms with Gasteiger partial charge in [-0.05, 0) is 50.4 Å². The molecule has 0 aromatic carbocycles. The molecule has 0 amide bonds. The van der Waals surface area contributed by atoms with Crippen LogP contribution in [0, 0.1) is 23.7 Å². The SMILES string of the molecule is CCCCCC(C=C[C@H]1CCC[C@@H]1CCCCCC(CC)C(=O)O)C(O)O. The first-order valence-electron chi connectivity index (χ1n) is 11.3. The number of allylic oxidation sites excluding steroid dienone is 1. The van der Waals surface area contributed by atoms with Gasteiger partial charge in [0, 0.05) is 5.92 Å². The van der Waals surface area contributed by atoms with E-state index < -0.39 is 12.3 Å². The number of hydrogen-bond acceptors (Lipinski definition) is 3. The largest absolute Gasteiger partial charge is 0.481 e. The van der Waals surface area contributed by atoms with Crippen molar-refractivity contribution in [1.82, 2.24) is 0 Å². The minimum atomic E-state index is -1.25. The maximum Gasteiger partial charge on any atom is 0.306 e. The summed E-state index contributed by atoms with van der Waals surface area (Å²) in [5.74, 6) is 0.300. The molecule has 27 heavy (non-hydrogen) atoms. The Morgan fingerprint density at radius 1 is 1.04 bits per heavy atom. The van der Waals surface area contributed by atoms with E-state index in [0.717, 1.165) is 51.4 Å². The molecule has 0 aromatic rings. The summed E-state index contributed by atoms with van der Waals surface area (Å²) < 4.78 is 0. The van der Waals surface area contributed by atoms with Gasteiger partial charge in [-0.3, -0.25) is 4.79 Å². The van der Waals surface area contributed by atoms with Crippen molar-refractivity contribution in [2.75, 3.05) is 0 Å². The Bertz CT molecular complexity index is 419. The van der Waals surface area contributed by atoms with E-state index in [1.54, 1.807) is 0 Å². The van der Waals surface area contributed by atoms with E-state index in [9.17, 15) is 15.0 Å². The molecular formula is C23H42O4. The Kier molecular flexibility index (Phi) is 12.7. The second-order valence-electron chi connectivity index (χ2n) is 8.39. The summed E-state index contributed by atoms with van der Waals surface area (Å²) in [6.07, 6.45) is 17.0. The van der Waals surface area contributed by atoms with Crippen molar-refractivity contribution in [1.29, 1.82) is 0 Å². The number of carboxylic acids is 1. The van der Waals surface area contributed by atoms with Gasteiger partial charge in [0.2, 0.25) is 0 Å². The van der Waals surface area contributed by atoms with Gasteiger partial charge in [0.1, 0.15) is 0 Å². The highest BCUT2D eigenvalue weighted by atomic mass is 16.5. The van der Waals surface area contributed by atoms with Crippen LogP contribution in [0.4, 0.5) is 0 Å². The van der Waals surface area contributed by atoms with Crippen molar-refractivity contribution >= 4 is 5.97 Å². The molecule has 1 saturated carbocycles. The minimum absolute atomic E-state index is 0.139. The van der Waals surface area contributed by atoms with Gasteiger partial charge in [0.15, 0.2) is 6.29 Å². The minimum Gasteiger partial charge on any atom is -0.481 e. The first-order valence-corrected chi connectivity index (χ1v) is 11.3. The number of aliphatic hydroxyl groups is 2. The van der Waals surface area contributed by atoms with E-state index in [-0.39, 0.29) is 11.8 Å². The van der Waals surface area contributed by atoms with Gasteiger partial charge in [-0.1, -0.05) is 70.9 Å². The number of carbonyl (C=O) groups is 1. The average molecular weight is 383 g/mol. The first-order chi connectivity index (χ1) is 13.0. The van der Waals surface area contributed by atoms with Crippen LogP contribution in [0.25, 0.3) is 0 Å². The highest BCUT2D eigenvalue weighted by Gasteiger charge is 2.25. The summed E-state index contributed by atoms with van der Waals surface area (Å²) >= 11 is 0. The summed E-state index contributed by atoms with van der Waals surface area (Å²) in [4.78, 5) is 11.1. The third kappa shape index (κ3) is 9.75. The van der Waals surface area contributed by atoms with E-state index >= 15 is 0 Å². The van der Waals surface area contributed by atoms with E-state index in [2.05, 4.69) is 19.1 Å². The molecule has 4 atom stereocenters. The number of unbranched alkanes of at least 4 members (excludes halogenated alkanes) is 4. The van der Waals surface area contributed by atoms with Gasteiger partial charge in [-0.15, -0.1) is 0 Å². The summed E-state index contributed by atoms with van der Waals surface area (Å²) in [6.45, 7) is 4.11. The lowest BCUT2D eigenvalue weighted by molar-refractivity contribution is -0.142. The molecule has 1 aliphatic carbocycles. The van der Waals surface area contributed by atoms with Crippen molar-refractivity contribution in [3.05, 3.63) is 12.2 Å². The molecule has 0 heterocycles. The fourth-order valence-electron chi connectivity index (χ4n) is 4.41. The van der Waals surface area contributed by atoms with Crippen LogP contribution >= 0.6 is 0 Å². The number of rotatable bonds is 15. The quantitative estimate of drug-likeness (QED) is 0.198. The normalized spacial score (nSPS) is 22.6. The Balaban J connectivity index is 2.34. The van der Waals surface area contributed by atoms with Crippen molar-refractivity contribution in [3.8, 4) is 0 Å². The molecule has 0 radical (unpaired) electrons. The number of aliphatic carboxylic acids is 1. The zero-order chi connectivity index (χ0) is 20.1. The summed E-state index contributed by atoms with van der Waals surface area (Å²) in [5, 5.41) is 28.3. The van der Waals surface area contributed by atoms with E-state index in [0.29, 0.717) is 11.8 Å². The van der Waals surface area contributed by atoms with Gasteiger partial charge < -0.3 is 15.3 Å². The molecule has 1 aliphatic rings. The Hall–Kier alpha value is -0.870. The van der Waals surface area contributed by atoms with E-state index in [1.807, 2.05) is 6.92 Å². The highest BCUT2D eigenvalue weighted by molar-refractivity contribution is 5.69. The Morgan fingerprint density at radius 3 is 2.41 bits per heavy atom. The Morgan fingerprint density at radius 2 is 1.78 bits per heavy atom. The molecule has 2 unspecified atom stereocenters. The molecule has 0 saturated heterocycles. The summed E-state index contributed by atoms with van der Waals surface area (Å²) in [7, 11) is 0. The standard InChI is InChI=1S/C23H42O4/c1-3-5-7-13-21(23(26)27)17-16-20-15-10-14-19(20)12-9-6-8-11-18(4-2)22(24)25/h16-21,23,26-27H,3-15H2,1-2H3,(H,24,25)/t18?,19-,20+,21?/m0/s1. The lowest BCUT2D eigenvalue weighted by atomic mass is 9.88. The zero-order valence-electron chi connectivity index (χ0n) is 17.5. The van der Waals surface area contributed by atoms with Gasteiger partial charge in [-0.25, -0.2) is 0 Å². The second-order valence-corrected chi connectivity index (χ2v) is 8.39. The maximum atomic E-state index is 11.1. The molecule has 0 spiro atoms. The van der Waals surface area contributed by atoms with Crippen LogP contribution in [0.1, 0.15) is 97.3 Å². The molecule has 4 nitrogen and oxygen atoms in total. The van der Waals surface area contributed by atoms with Crippen molar-refractivity contribution in [3.63, 3.8) is 0 Å². The van der Waals surface area contributed by atoms with Crippen molar-refractivity contribution < 1.29 is 20.1 Å². The number of aliphatic hydroxyl groups excluding tert-OH is 1. The fourth-order valence-corrected chi connectivity index (χ4v) is 4.41. The molecule has 1 rings (SSSR count). The summed E-state index contributed by atoms with van der Waals surface area (Å²) in [5.41, 5.74) is 0. The van der Waals surface area contributed by atoms with Gasteiger partial charge in [0.05, 0.1) is 5.92 Å². The average Bonchev–Trinajstić information content (AvgIpc) is 3.07. The monoisotopic (exact) mass is 382 g/mol. The molecular weight excluding hydrogens is 340 g/mol. The zero-order valence-corrected chi connectivity index (χ0v) is 17.5. The van der Waals surface area contributed by atoms with Gasteiger partial charge >= 0.3 is 5.97 Å². The Labute approximate surface area is 166 Å². The summed E-state index contributed by atoms with van der Waals surface area (Å²) in [6, 6.07) is 0. The molecule has 0 bridgehead atoms. The van der Waals surface area contributed by atoms with Crippen LogP contribution in [0.2, 0.25) is 0 Å². The number of carboxylic acid groups (broad SMARTS) is 1. The van der Waals surface area contributed by atoms with Crippen molar-refractivity contribution in [2.24, 2.45) is 23.7 Å². The third-order valence-corrected chi connectivity index (χ3v) is 6.32.